The minimum Gasteiger partial charge on any atom is -0.493 e. The van der Waals surface area contributed by atoms with Crippen molar-refractivity contribution in [1.29, 1.82) is 0 Å². The van der Waals surface area contributed by atoms with E-state index in [9.17, 15) is 0 Å². The highest BCUT2D eigenvalue weighted by Gasteiger charge is 2.06. The van der Waals surface area contributed by atoms with Crippen molar-refractivity contribution in [2.75, 3.05) is 13.7 Å². The SMILES string of the molecule is CCCCCCCCOc1ccc(C=Cc2cc(Br)sc2Br)cc1OC. The predicted octanol–water partition coefficient (Wildman–Crippen LogP) is 8.19. The van der Waals surface area contributed by atoms with Gasteiger partial charge >= 0.3 is 0 Å². The van der Waals surface area contributed by atoms with Crippen LogP contribution in [0.3, 0.4) is 0 Å². The van der Waals surface area contributed by atoms with Crippen LogP contribution < -0.4 is 9.47 Å². The highest BCUT2D eigenvalue weighted by molar-refractivity contribution is 9.12. The second kappa shape index (κ2) is 11.8. The average molecular weight is 502 g/mol. The summed E-state index contributed by atoms with van der Waals surface area (Å²) < 4.78 is 13.6. The lowest BCUT2D eigenvalue weighted by Crippen LogP contribution is -1.99. The molecule has 2 nitrogen and oxygen atoms in total. The summed E-state index contributed by atoms with van der Waals surface area (Å²) >= 11 is 8.75. The van der Waals surface area contributed by atoms with Gasteiger partial charge in [-0.2, -0.15) is 0 Å². The van der Waals surface area contributed by atoms with Gasteiger partial charge in [0, 0.05) is 5.56 Å². The highest BCUT2D eigenvalue weighted by atomic mass is 79.9. The van der Waals surface area contributed by atoms with Gasteiger partial charge in [-0.25, -0.2) is 0 Å². The van der Waals surface area contributed by atoms with Gasteiger partial charge in [0.25, 0.3) is 0 Å². The summed E-state index contributed by atoms with van der Waals surface area (Å²) in [6, 6.07) is 8.17. The zero-order valence-electron chi connectivity index (χ0n) is 15.4. The molecule has 0 saturated heterocycles. The molecule has 0 N–H and O–H groups in total. The molecule has 0 bridgehead atoms. The van der Waals surface area contributed by atoms with Crippen LogP contribution in [0.1, 0.15) is 56.6 Å². The third-order valence-corrected chi connectivity index (χ3v) is 6.47. The summed E-state index contributed by atoms with van der Waals surface area (Å²) in [6.45, 7) is 2.99. The van der Waals surface area contributed by atoms with E-state index in [1.54, 1.807) is 18.4 Å². The van der Waals surface area contributed by atoms with Crippen molar-refractivity contribution in [3.8, 4) is 11.5 Å². The lowest BCUT2D eigenvalue weighted by atomic mass is 10.1. The Kier molecular flexibility index (Phi) is 9.79. The average Bonchev–Trinajstić information content (AvgIpc) is 2.97. The van der Waals surface area contributed by atoms with Crippen LogP contribution in [-0.2, 0) is 0 Å². The third kappa shape index (κ3) is 7.09. The van der Waals surface area contributed by atoms with Crippen LogP contribution in [0.5, 0.6) is 11.5 Å². The molecule has 1 aromatic heterocycles. The molecule has 0 aliphatic heterocycles. The molecule has 0 unspecified atom stereocenters. The Bertz CT molecular complexity index is 710. The molecule has 0 fully saturated rings. The molecule has 26 heavy (non-hydrogen) atoms. The molecular formula is C21H26Br2O2S. The number of rotatable bonds is 11. The molecule has 2 rings (SSSR count). The fourth-order valence-electron chi connectivity index (χ4n) is 2.62. The topological polar surface area (TPSA) is 18.5 Å². The maximum absolute atomic E-state index is 5.91. The van der Waals surface area contributed by atoms with Crippen molar-refractivity contribution in [3.05, 3.63) is 43.0 Å². The van der Waals surface area contributed by atoms with Crippen LogP contribution in [0, 0.1) is 0 Å². The van der Waals surface area contributed by atoms with Gasteiger partial charge < -0.3 is 9.47 Å². The van der Waals surface area contributed by atoms with Gasteiger partial charge in [0.1, 0.15) is 0 Å². The van der Waals surface area contributed by atoms with Gasteiger partial charge in [0.2, 0.25) is 0 Å². The second-order valence-corrected chi connectivity index (χ2v) is 9.89. The van der Waals surface area contributed by atoms with E-state index in [4.69, 9.17) is 9.47 Å². The normalized spacial score (nSPS) is 11.2. The quantitative estimate of drug-likeness (QED) is 0.289. The number of hydrogen-bond donors (Lipinski definition) is 0. The van der Waals surface area contributed by atoms with E-state index in [1.165, 1.54) is 32.1 Å². The zero-order valence-corrected chi connectivity index (χ0v) is 19.4. The minimum absolute atomic E-state index is 0.744. The maximum atomic E-state index is 5.91. The van der Waals surface area contributed by atoms with Crippen LogP contribution in [0.2, 0.25) is 0 Å². The van der Waals surface area contributed by atoms with Crippen LogP contribution in [0.4, 0.5) is 0 Å². The largest absolute Gasteiger partial charge is 0.493 e. The summed E-state index contributed by atoms with van der Waals surface area (Å²) in [4.78, 5) is 0. The van der Waals surface area contributed by atoms with Crippen LogP contribution in [0.15, 0.2) is 31.8 Å². The van der Waals surface area contributed by atoms with E-state index in [0.717, 1.165) is 43.2 Å². The lowest BCUT2D eigenvalue weighted by molar-refractivity contribution is 0.284. The molecule has 0 atom stereocenters. The first-order valence-corrected chi connectivity index (χ1v) is 11.5. The van der Waals surface area contributed by atoms with Crippen molar-refractivity contribution >= 4 is 55.3 Å². The van der Waals surface area contributed by atoms with Gasteiger partial charge in [0.15, 0.2) is 11.5 Å². The molecule has 0 spiro atoms. The first kappa shape index (κ1) is 21.5. The van der Waals surface area contributed by atoms with Gasteiger partial charge in [-0.15, -0.1) is 11.3 Å². The number of methoxy groups -OCH3 is 1. The molecule has 0 aliphatic carbocycles. The monoisotopic (exact) mass is 500 g/mol. The molecule has 5 heteroatoms. The molecule has 142 valence electrons. The lowest BCUT2D eigenvalue weighted by Gasteiger charge is -2.11. The summed E-state index contributed by atoms with van der Waals surface area (Å²) in [7, 11) is 1.69. The Hall–Kier alpha value is -0.780. The van der Waals surface area contributed by atoms with Crippen LogP contribution in [-0.4, -0.2) is 13.7 Å². The van der Waals surface area contributed by atoms with Gasteiger partial charge in [-0.05, 0) is 62.0 Å². The third-order valence-electron chi connectivity index (χ3n) is 4.08. The Balaban J connectivity index is 1.89. The zero-order chi connectivity index (χ0) is 18.8. The first-order chi connectivity index (χ1) is 12.6. The van der Waals surface area contributed by atoms with E-state index in [-0.39, 0.29) is 0 Å². The van der Waals surface area contributed by atoms with E-state index < -0.39 is 0 Å². The molecule has 0 aliphatic rings. The molecule has 0 radical (unpaired) electrons. The summed E-state index contributed by atoms with van der Waals surface area (Å²) in [5.74, 6) is 1.60. The van der Waals surface area contributed by atoms with Gasteiger partial charge in [-0.1, -0.05) is 57.2 Å². The van der Waals surface area contributed by atoms with E-state index in [0.29, 0.717) is 0 Å². The number of unbranched alkanes of at least 4 members (excludes halogenated alkanes) is 5. The first-order valence-electron chi connectivity index (χ1n) is 9.07. The van der Waals surface area contributed by atoms with Crippen molar-refractivity contribution in [3.63, 3.8) is 0 Å². The number of benzene rings is 1. The van der Waals surface area contributed by atoms with E-state index in [1.807, 2.05) is 12.1 Å². The number of thiophene rings is 1. The van der Waals surface area contributed by atoms with Gasteiger partial charge in [0.05, 0.1) is 21.3 Å². The number of ether oxygens (including phenoxy) is 2. The fourth-order valence-corrected chi connectivity index (χ4v) is 5.38. The Morgan fingerprint density at radius 2 is 1.73 bits per heavy atom. The standard InChI is InChI=1S/C21H26Br2O2S/c1-3-4-5-6-7-8-13-25-18-12-10-16(14-19(18)24-2)9-11-17-15-20(22)26-21(17)23/h9-12,14-15H,3-8,13H2,1-2H3. The van der Waals surface area contributed by atoms with Crippen molar-refractivity contribution in [2.24, 2.45) is 0 Å². The molecule has 1 heterocycles. The number of hydrogen-bond acceptors (Lipinski definition) is 3. The predicted molar refractivity (Wildman–Crippen MR) is 121 cm³/mol. The molecule has 1 aromatic carbocycles. The highest BCUT2D eigenvalue weighted by Crippen LogP contribution is 2.34. The summed E-state index contributed by atoms with van der Waals surface area (Å²) in [5.41, 5.74) is 2.24. The van der Waals surface area contributed by atoms with Crippen molar-refractivity contribution in [1.82, 2.24) is 0 Å². The van der Waals surface area contributed by atoms with Crippen molar-refractivity contribution < 1.29 is 9.47 Å². The summed E-state index contributed by atoms with van der Waals surface area (Å²) in [5, 5.41) is 0. The second-order valence-electron chi connectivity index (χ2n) is 6.14. The van der Waals surface area contributed by atoms with Crippen molar-refractivity contribution in [2.45, 2.75) is 45.4 Å². The van der Waals surface area contributed by atoms with Crippen LogP contribution >= 0.6 is 43.2 Å². The Labute approximate surface area is 177 Å². The van der Waals surface area contributed by atoms with Crippen LogP contribution in [0.25, 0.3) is 12.2 Å². The van der Waals surface area contributed by atoms with E-state index in [2.05, 4.69) is 63.1 Å². The van der Waals surface area contributed by atoms with Gasteiger partial charge in [-0.3, -0.25) is 0 Å². The fraction of sp³-hybridized carbons (Fsp3) is 0.429. The Morgan fingerprint density at radius 1 is 0.962 bits per heavy atom. The molecule has 0 saturated carbocycles. The number of halogens is 2. The Morgan fingerprint density at radius 3 is 2.42 bits per heavy atom. The molecule has 2 aromatic rings. The van der Waals surface area contributed by atoms with E-state index >= 15 is 0 Å². The summed E-state index contributed by atoms with van der Waals surface area (Å²) in [6.07, 6.45) is 11.8. The maximum Gasteiger partial charge on any atom is 0.161 e. The molecular weight excluding hydrogens is 476 g/mol. The smallest absolute Gasteiger partial charge is 0.161 e. The minimum atomic E-state index is 0.744. The molecule has 0 amide bonds.